The minimum atomic E-state index is -0.237. The van der Waals surface area contributed by atoms with Crippen LogP contribution in [0, 0.1) is 0 Å². The molecule has 3 atom stereocenters. The van der Waals surface area contributed by atoms with E-state index in [9.17, 15) is 5.11 Å². The van der Waals surface area contributed by atoms with Gasteiger partial charge in [0.15, 0.2) is 11.5 Å². The van der Waals surface area contributed by atoms with Crippen LogP contribution in [0.2, 0.25) is 0 Å². The number of ether oxygens (including phenoxy) is 3. The largest absolute Gasteiger partial charge is 0.504 e. The maximum Gasteiger partial charge on any atom is 0.208 e. The Morgan fingerprint density at radius 2 is 0.731 bits per heavy atom. The number of hydrogen-bond donors (Lipinski definition) is 1. The van der Waals surface area contributed by atoms with Crippen LogP contribution < -0.4 is 14.2 Å². The van der Waals surface area contributed by atoms with E-state index in [-0.39, 0.29) is 24.1 Å². The molecule has 0 aliphatic rings. The SMILES string of the molecule is CCCCCCCC(Oc1ccc(O)c(OC(CCCCCCC)c2ccccc2)c1OC(CCCCCCC)c1ccccc1)c1ccccc1. The van der Waals surface area contributed by atoms with Crippen molar-refractivity contribution in [3.05, 3.63) is 120 Å². The molecule has 0 aliphatic heterocycles. The smallest absolute Gasteiger partial charge is 0.208 e. The second kappa shape index (κ2) is 24.3. The molecule has 4 aromatic rings. The highest BCUT2D eigenvalue weighted by Crippen LogP contribution is 2.49. The van der Waals surface area contributed by atoms with Crippen LogP contribution in [0.3, 0.4) is 0 Å². The topological polar surface area (TPSA) is 47.9 Å². The van der Waals surface area contributed by atoms with Gasteiger partial charge in [0.05, 0.1) is 0 Å². The molecular formula is C48H66O4. The first-order chi connectivity index (χ1) is 25.6. The van der Waals surface area contributed by atoms with Crippen LogP contribution in [-0.4, -0.2) is 5.11 Å². The van der Waals surface area contributed by atoms with Crippen LogP contribution in [-0.2, 0) is 0 Å². The van der Waals surface area contributed by atoms with Crippen molar-refractivity contribution in [3.8, 4) is 23.0 Å². The zero-order valence-corrected chi connectivity index (χ0v) is 32.4. The van der Waals surface area contributed by atoms with E-state index in [4.69, 9.17) is 14.2 Å². The maximum absolute atomic E-state index is 11.6. The quantitative estimate of drug-likeness (QED) is 0.0627. The summed E-state index contributed by atoms with van der Waals surface area (Å²) in [7, 11) is 0. The van der Waals surface area contributed by atoms with Crippen molar-refractivity contribution < 1.29 is 19.3 Å². The predicted octanol–water partition coefficient (Wildman–Crippen LogP) is 14.8. The summed E-state index contributed by atoms with van der Waals surface area (Å²) < 4.78 is 21.1. The predicted molar refractivity (Wildman–Crippen MR) is 218 cm³/mol. The molecule has 4 heteroatoms. The molecule has 0 aromatic heterocycles. The Morgan fingerprint density at radius 1 is 0.385 bits per heavy atom. The summed E-state index contributed by atoms with van der Waals surface area (Å²) >= 11 is 0. The van der Waals surface area contributed by atoms with E-state index in [1.807, 2.05) is 12.1 Å². The van der Waals surface area contributed by atoms with Gasteiger partial charge >= 0.3 is 0 Å². The molecule has 0 saturated heterocycles. The van der Waals surface area contributed by atoms with Gasteiger partial charge < -0.3 is 19.3 Å². The average molecular weight is 707 g/mol. The molecule has 52 heavy (non-hydrogen) atoms. The molecule has 0 radical (unpaired) electrons. The molecule has 1 N–H and O–H groups in total. The minimum absolute atomic E-state index is 0.0693. The van der Waals surface area contributed by atoms with Gasteiger partial charge in [0, 0.05) is 0 Å². The third-order valence-corrected chi connectivity index (χ3v) is 10.1. The molecule has 0 aliphatic carbocycles. The molecule has 4 nitrogen and oxygen atoms in total. The van der Waals surface area contributed by atoms with Gasteiger partial charge in [-0.2, -0.15) is 0 Å². The second-order valence-electron chi connectivity index (χ2n) is 14.4. The van der Waals surface area contributed by atoms with Gasteiger partial charge in [0.2, 0.25) is 11.5 Å². The highest BCUT2D eigenvalue weighted by atomic mass is 16.6. The first kappa shape index (κ1) is 40.8. The van der Waals surface area contributed by atoms with E-state index in [0.29, 0.717) is 17.2 Å². The Morgan fingerprint density at radius 3 is 1.12 bits per heavy atom. The van der Waals surface area contributed by atoms with Crippen LogP contribution in [0.15, 0.2) is 103 Å². The van der Waals surface area contributed by atoms with Crippen LogP contribution in [0.25, 0.3) is 0 Å². The van der Waals surface area contributed by atoms with Gasteiger partial charge in [-0.05, 0) is 67.3 Å². The van der Waals surface area contributed by atoms with Crippen LogP contribution in [0.4, 0.5) is 0 Å². The number of benzene rings is 4. The fourth-order valence-electron chi connectivity index (χ4n) is 6.97. The third kappa shape index (κ3) is 13.9. The number of unbranched alkanes of at least 4 members (excludes halogenated alkanes) is 12. The van der Waals surface area contributed by atoms with Crippen LogP contribution >= 0.6 is 0 Å². The van der Waals surface area contributed by atoms with Crippen molar-refractivity contribution in [1.82, 2.24) is 0 Å². The van der Waals surface area contributed by atoms with Crippen molar-refractivity contribution in [2.75, 3.05) is 0 Å². The summed E-state index contributed by atoms with van der Waals surface area (Å²) in [4.78, 5) is 0. The number of aromatic hydroxyl groups is 1. The van der Waals surface area contributed by atoms with Gasteiger partial charge in [0.25, 0.3) is 0 Å². The molecule has 0 spiro atoms. The Labute approximate surface area is 315 Å². The molecule has 0 heterocycles. The molecule has 4 rings (SSSR count). The lowest BCUT2D eigenvalue weighted by atomic mass is 10.0. The Balaban J connectivity index is 1.74. The van der Waals surface area contributed by atoms with Crippen molar-refractivity contribution in [1.29, 1.82) is 0 Å². The van der Waals surface area contributed by atoms with Gasteiger partial charge in [0.1, 0.15) is 18.3 Å². The highest BCUT2D eigenvalue weighted by molar-refractivity contribution is 5.59. The molecule has 0 saturated carbocycles. The molecule has 0 fully saturated rings. The number of phenols is 1. The molecule has 282 valence electrons. The van der Waals surface area contributed by atoms with E-state index in [0.717, 1.165) is 68.1 Å². The lowest BCUT2D eigenvalue weighted by Crippen LogP contribution is -2.14. The van der Waals surface area contributed by atoms with E-state index in [1.54, 1.807) is 6.07 Å². The summed E-state index contributed by atoms with van der Waals surface area (Å²) in [5.74, 6) is 1.53. The van der Waals surface area contributed by atoms with Gasteiger partial charge in [-0.1, -0.05) is 189 Å². The fraction of sp³-hybridized carbons (Fsp3) is 0.500. The standard InChI is InChI=1S/C48H66O4/c1-4-7-10-13-25-34-43(39-28-19-16-20-29-39)50-46-38-37-42(49)47(51-44(35-26-14-11-8-5-2)40-30-21-17-22-31-40)48(46)52-45(36-27-15-12-9-6-3)41-32-23-18-24-33-41/h16-24,28-33,37-38,43-45,49H,4-15,25-27,34-36H2,1-3H3. The average Bonchev–Trinajstić information content (AvgIpc) is 3.19. The zero-order valence-electron chi connectivity index (χ0n) is 32.4. The summed E-state index contributed by atoms with van der Waals surface area (Å²) in [6.07, 6.45) is 19.8. The van der Waals surface area contributed by atoms with Gasteiger partial charge in [-0.3, -0.25) is 0 Å². The number of rotatable bonds is 27. The molecular weight excluding hydrogens is 641 g/mol. The molecule has 0 bridgehead atoms. The van der Waals surface area contributed by atoms with Crippen molar-refractivity contribution in [3.63, 3.8) is 0 Å². The Kier molecular flexibility index (Phi) is 19.1. The normalized spacial score (nSPS) is 13.0. The lowest BCUT2D eigenvalue weighted by molar-refractivity contribution is 0.129. The van der Waals surface area contributed by atoms with Crippen LogP contribution in [0.1, 0.15) is 171 Å². The summed E-state index contributed by atoms with van der Waals surface area (Å²) in [6.45, 7) is 6.76. The van der Waals surface area contributed by atoms with E-state index < -0.39 is 0 Å². The van der Waals surface area contributed by atoms with Crippen LogP contribution in [0.5, 0.6) is 23.0 Å². The van der Waals surface area contributed by atoms with E-state index >= 15 is 0 Å². The zero-order chi connectivity index (χ0) is 36.6. The maximum atomic E-state index is 11.6. The third-order valence-electron chi connectivity index (χ3n) is 10.1. The molecule has 0 amide bonds. The molecule has 3 unspecified atom stereocenters. The summed E-state index contributed by atoms with van der Waals surface area (Å²) in [5, 5.41) is 11.6. The van der Waals surface area contributed by atoms with Crippen molar-refractivity contribution >= 4 is 0 Å². The fourth-order valence-corrected chi connectivity index (χ4v) is 6.97. The minimum Gasteiger partial charge on any atom is -0.504 e. The van der Waals surface area contributed by atoms with Gasteiger partial charge in [-0.25, -0.2) is 0 Å². The lowest BCUT2D eigenvalue weighted by Gasteiger charge is -2.28. The number of phenolic OH excluding ortho intramolecular Hbond substituents is 1. The van der Waals surface area contributed by atoms with Crippen molar-refractivity contribution in [2.24, 2.45) is 0 Å². The number of hydrogen-bond acceptors (Lipinski definition) is 4. The first-order valence-electron chi connectivity index (χ1n) is 20.6. The van der Waals surface area contributed by atoms with Crippen molar-refractivity contribution in [2.45, 2.75) is 155 Å². The van der Waals surface area contributed by atoms with E-state index in [1.165, 1.54) is 64.2 Å². The van der Waals surface area contributed by atoms with Gasteiger partial charge in [-0.15, -0.1) is 0 Å². The second-order valence-corrected chi connectivity index (χ2v) is 14.4. The monoisotopic (exact) mass is 706 g/mol. The summed E-state index contributed by atoms with van der Waals surface area (Å²) in [6, 6.07) is 35.0. The van der Waals surface area contributed by atoms with E-state index in [2.05, 4.69) is 106 Å². The Bertz CT molecular complexity index is 1470. The highest BCUT2D eigenvalue weighted by Gasteiger charge is 2.27. The summed E-state index contributed by atoms with van der Waals surface area (Å²) in [5.41, 5.74) is 3.35. The Hall–Kier alpha value is -3.92. The first-order valence-corrected chi connectivity index (χ1v) is 20.6. The molecule has 4 aromatic carbocycles.